The van der Waals surface area contributed by atoms with E-state index in [1.165, 1.54) is 6.20 Å². The number of nitrogens with zero attached hydrogens (tertiary/aromatic N) is 3. The minimum absolute atomic E-state index is 0.0260. The zero-order valence-electron chi connectivity index (χ0n) is 11.0. The van der Waals surface area contributed by atoms with Crippen molar-refractivity contribution in [3.8, 4) is 0 Å². The molecule has 1 atom stereocenters. The van der Waals surface area contributed by atoms with Gasteiger partial charge in [0.15, 0.2) is 0 Å². The zero-order chi connectivity index (χ0) is 15.6. The first kappa shape index (κ1) is 15.3. The van der Waals surface area contributed by atoms with E-state index >= 15 is 0 Å². The van der Waals surface area contributed by atoms with Crippen molar-refractivity contribution in [3.63, 3.8) is 0 Å². The lowest BCUT2D eigenvalue weighted by molar-refractivity contribution is -0.188. The minimum atomic E-state index is -4.30. The molecule has 0 spiro atoms. The number of halogens is 3. The molecule has 1 fully saturated rings. The van der Waals surface area contributed by atoms with E-state index in [1.807, 2.05) is 0 Å². The van der Waals surface area contributed by atoms with Gasteiger partial charge in [0.1, 0.15) is 6.54 Å². The standard InChI is InChI=1S/C12H14F3N3O3/c13-12(14,15)9-2-1-3-17(6-9)10(19)7-18-5-8(4-16-18)11(20)21/h4-5,9H,1-3,6-7H2,(H,20,21). The van der Waals surface area contributed by atoms with E-state index in [0.717, 1.165) is 15.8 Å². The van der Waals surface area contributed by atoms with Crippen molar-refractivity contribution in [3.05, 3.63) is 18.0 Å². The first-order valence-corrected chi connectivity index (χ1v) is 6.37. The number of rotatable bonds is 3. The Hall–Kier alpha value is -2.06. The molecule has 0 saturated carbocycles. The maximum Gasteiger partial charge on any atom is 0.393 e. The third-order valence-corrected chi connectivity index (χ3v) is 3.41. The van der Waals surface area contributed by atoms with Crippen LogP contribution in [0.1, 0.15) is 23.2 Å². The number of carboxylic acids is 1. The average molecular weight is 305 g/mol. The number of carboxylic acid groups (broad SMARTS) is 1. The van der Waals surface area contributed by atoms with Crippen LogP contribution in [0.2, 0.25) is 0 Å². The second-order valence-electron chi connectivity index (χ2n) is 4.95. The Balaban J connectivity index is 1.97. The summed E-state index contributed by atoms with van der Waals surface area (Å²) in [5, 5.41) is 12.4. The number of piperidine rings is 1. The molecule has 1 N–H and O–H groups in total. The molecule has 0 aliphatic carbocycles. The number of aromatic carboxylic acids is 1. The van der Waals surface area contributed by atoms with Crippen LogP contribution in [-0.4, -0.2) is 50.9 Å². The van der Waals surface area contributed by atoms with E-state index in [1.54, 1.807) is 0 Å². The van der Waals surface area contributed by atoms with Gasteiger partial charge >= 0.3 is 12.1 Å². The van der Waals surface area contributed by atoms with Crippen molar-refractivity contribution in [2.75, 3.05) is 13.1 Å². The summed E-state index contributed by atoms with van der Waals surface area (Å²) >= 11 is 0. The third-order valence-electron chi connectivity index (χ3n) is 3.41. The molecule has 0 radical (unpaired) electrons. The van der Waals surface area contributed by atoms with Gasteiger partial charge < -0.3 is 10.0 Å². The van der Waals surface area contributed by atoms with Crippen LogP contribution < -0.4 is 0 Å². The quantitative estimate of drug-likeness (QED) is 0.915. The smallest absolute Gasteiger partial charge is 0.393 e. The first-order valence-electron chi connectivity index (χ1n) is 6.37. The maximum absolute atomic E-state index is 12.7. The van der Waals surface area contributed by atoms with Gasteiger partial charge in [0.25, 0.3) is 0 Å². The summed E-state index contributed by atoms with van der Waals surface area (Å²) < 4.78 is 39.1. The monoisotopic (exact) mass is 305 g/mol. The fraction of sp³-hybridized carbons (Fsp3) is 0.583. The first-order chi connectivity index (χ1) is 9.77. The van der Waals surface area contributed by atoms with E-state index in [-0.39, 0.29) is 31.6 Å². The predicted octanol–water partition coefficient (Wildman–Crippen LogP) is 1.38. The van der Waals surface area contributed by atoms with Gasteiger partial charge in [0.05, 0.1) is 17.7 Å². The predicted molar refractivity (Wildman–Crippen MR) is 64.5 cm³/mol. The van der Waals surface area contributed by atoms with Gasteiger partial charge in [-0.1, -0.05) is 0 Å². The van der Waals surface area contributed by atoms with E-state index in [2.05, 4.69) is 5.10 Å². The molecule has 1 aliphatic rings. The average Bonchev–Trinajstić information content (AvgIpc) is 2.86. The van der Waals surface area contributed by atoms with Crippen LogP contribution in [0.3, 0.4) is 0 Å². The van der Waals surface area contributed by atoms with E-state index < -0.39 is 24.0 Å². The number of hydrogen-bond donors (Lipinski definition) is 1. The van der Waals surface area contributed by atoms with Gasteiger partial charge in [-0.05, 0) is 12.8 Å². The fourth-order valence-electron chi connectivity index (χ4n) is 2.27. The summed E-state index contributed by atoms with van der Waals surface area (Å²) in [6.07, 6.45) is -1.72. The van der Waals surface area contributed by atoms with Crippen molar-refractivity contribution in [2.45, 2.75) is 25.6 Å². The molecule has 9 heteroatoms. The van der Waals surface area contributed by atoms with Crippen molar-refractivity contribution in [1.82, 2.24) is 14.7 Å². The van der Waals surface area contributed by atoms with E-state index in [9.17, 15) is 22.8 Å². The molecule has 1 saturated heterocycles. The number of aromatic nitrogens is 2. The molecule has 1 aromatic rings. The zero-order valence-corrected chi connectivity index (χ0v) is 11.0. The molecular weight excluding hydrogens is 291 g/mol. The molecule has 2 rings (SSSR count). The molecule has 116 valence electrons. The Labute approximate surface area is 118 Å². The Morgan fingerprint density at radius 2 is 2.14 bits per heavy atom. The second kappa shape index (κ2) is 5.74. The van der Waals surface area contributed by atoms with Gasteiger partial charge in [-0.3, -0.25) is 9.48 Å². The molecule has 1 unspecified atom stereocenters. The fourth-order valence-corrected chi connectivity index (χ4v) is 2.27. The minimum Gasteiger partial charge on any atom is -0.478 e. The van der Waals surface area contributed by atoms with Crippen LogP contribution in [0.4, 0.5) is 13.2 Å². The maximum atomic E-state index is 12.7. The van der Waals surface area contributed by atoms with Crippen molar-refractivity contribution >= 4 is 11.9 Å². The van der Waals surface area contributed by atoms with Crippen molar-refractivity contribution in [2.24, 2.45) is 5.92 Å². The Morgan fingerprint density at radius 3 is 2.71 bits per heavy atom. The Bertz CT molecular complexity index is 541. The highest BCUT2D eigenvalue weighted by Gasteiger charge is 2.42. The summed E-state index contributed by atoms with van der Waals surface area (Å²) in [5.74, 6) is -3.17. The number of carbonyl (C=O) groups is 2. The molecule has 2 heterocycles. The highest BCUT2D eigenvalue weighted by Crippen LogP contribution is 2.33. The molecule has 1 aromatic heterocycles. The van der Waals surface area contributed by atoms with Crippen LogP contribution in [0, 0.1) is 5.92 Å². The highest BCUT2D eigenvalue weighted by molar-refractivity contribution is 5.87. The van der Waals surface area contributed by atoms with Crippen molar-refractivity contribution in [1.29, 1.82) is 0 Å². The van der Waals surface area contributed by atoms with Gasteiger partial charge in [-0.2, -0.15) is 18.3 Å². The Morgan fingerprint density at radius 1 is 1.43 bits per heavy atom. The van der Waals surface area contributed by atoms with Gasteiger partial charge in [-0.15, -0.1) is 0 Å². The van der Waals surface area contributed by atoms with Gasteiger partial charge in [0.2, 0.25) is 5.91 Å². The van der Waals surface area contributed by atoms with Crippen LogP contribution in [0.5, 0.6) is 0 Å². The summed E-state index contributed by atoms with van der Waals surface area (Å²) in [4.78, 5) is 23.8. The number of amides is 1. The van der Waals surface area contributed by atoms with Crippen LogP contribution in [0.25, 0.3) is 0 Å². The lowest BCUT2D eigenvalue weighted by Crippen LogP contribution is -2.45. The van der Waals surface area contributed by atoms with Crippen LogP contribution >= 0.6 is 0 Å². The summed E-state index contributed by atoms with van der Waals surface area (Å²) in [7, 11) is 0. The van der Waals surface area contributed by atoms with Gasteiger partial charge in [-0.25, -0.2) is 4.79 Å². The highest BCUT2D eigenvalue weighted by atomic mass is 19.4. The molecule has 0 aromatic carbocycles. The topological polar surface area (TPSA) is 75.4 Å². The summed E-state index contributed by atoms with van der Waals surface area (Å²) in [5.41, 5.74) is -0.0744. The molecule has 1 aliphatic heterocycles. The number of alkyl halides is 3. The van der Waals surface area contributed by atoms with Crippen LogP contribution in [0.15, 0.2) is 12.4 Å². The third kappa shape index (κ3) is 3.73. The van der Waals surface area contributed by atoms with Crippen LogP contribution in [-0.2, 0) is 11.3 Å². The lowest BCUT2D eigenvalue weighted by Gasteiger charge is -2.33. The molecule has 1 amide bonds. The molecular formula is C12H14F3N3O3. The lowest BCUT2D eigenvalue weighted by atomic mass is 9.97. The normalized spacial score (nSPS) is 19.6. The Kier molecular flexibility index (Phi) is 4.19. The van der Waals surface area contributed by atoms with Crippen molar-refractivity contribution < 1.29 is 27.9 Å². The molecule has 0 bridgehead atoms. The van der Waals surface area contributed by atoms with E-state index in [0.29, 0.717) is 6.42 Å². The number of hydrogen-bond acceptors (Lipinski definition) is 3. The molecule has 6 nitrogen and oxygen atoms in total. The SMILES string of the molecule is O=C(O)c1cnn(CC(=O)N2CCCC(C(F)(F)F)C2)c1. The number of likely N-dealkylation sites (tertiary alicyclic amines) is 1. The largest absolute Gasteiger partial charge is 0.478 e. The van der Waals surface area contributed by atoms with Gasteiger partial charge in [0, 0.05) is 19.3 Å². The summed E-state index contributed by atoms with van der Waals surface area (Å²) in [6, 6.07) is 0. The van der Waals surface area contributed by atoms with E-state index in [4.69, 9.17) is 5.11 Å². The number of carbonyl (C=O) groups excluding carboxylic acids is 1. The summed E-state index contributed by atoms with van der Waals surface area (Å²) in [6.45, 7) is -0.342. The molecule has 21 heavy (non-hydrogen) atoms. The second-order valence-corrected chi connectivity index (χ2v) is 4.95.